The van der Waals surface area contributed by atoms with Crippen LogP contribution in [0.3, 0.4) is 0 Å². The highest BCUT2D eigenvalue weighted by molar-refractivity contribution is 5.81. The number of carbonyl (C=O) groups is 1. The van der Waals surface area contributed by atoms with Crippen LogP contribution in [-0.2, 0) is 4.79 Å². The Morgan fingerprint density at radius 3 is 2.39 bits per heavy atom. The van der Waals surface area contributed by atoms with E-state index in [1.807, 2.05) is 11.8 Å². The maximum absolute atomic E-state index is 12.4. The van der Waals surface area contributed by atoms with Gasteiger partial charge in [-0.15, -0.1) is 0 Å². The van der Waals surface area contributed by atoms with Crippen molar-refractivity contribution in [2.75, 3.05) is 19.6 Å². The van der Waals surface area contributed by atoms with Crippen LogP contribution in [0, 0.1) is 11.3 Å². The van der Waals surface area contributed by atoms with Crippen molar-refractivity contribution in [3.63, 3.8) is 0 Å². The Morgan fingerprint density at radius 1 is 1.28 bits per heavy atom. The molecule has 18 heavy (non-hydrogen) atoms. The van der Waals surface area contributed by atoms with Crippen molar-refractivity contribution in [1.29, 1.82) is 5.26 Å². The Labute approximate surface area is 111 Å². The van der Waals surface area contributed by atoms with E-state index in [0.717, 1.165) is 25.9 Å². The number of nitrogens with zero attached hydrogens (tertiary/aromatic N) is 3. The van der Waals surface area contributed by atoms with Crippen molar-refractivity contribution in [2.24, 2.45) is 0 Å². The molecular formula is C14H25N3O. The van der Waals surface area contributed by atoms with Crippen LogP contribution < -0.4 is 0 Å². The molecule has 0 aromatic carbocycles. The van der Waals surface area contributed by atoms with Crippen molar-refractivity contribution < 1.29 is 4.79 Å². The van der Waals surface area contributed by atoms with E-state index in [-0.39, 0.29) is 11.9 Å². The number of piperidine rings is 1. The fourth-order valence-corrected chi connectivity index (χ4v) is 2.60. The van der Waals surface area contributed by atoms with Crippen LogP contribution in [0.25, 0.3) is 0 Å². The fourth-order valence-electron chi connectivity index (χ4n) is 2.60. The molecule has 0 radical (unpaired) electrons. The lowest BCUT2D eigenvalue weighted by Crippen LogP contribution is -2.51. The second-order valence-electron chi connectivity index (χ2n) is 5.30. The van der Waals surface area contributed by atoms with Gasteiger partial charge in [0, 0.05) is 32.1 Å². The van der Waals surface area contributed by atoms with Gasteiger partial charge >= 0.3 is 0 Å². The predicted octanol–water partition coefficient (Wildman–Crippen LogP) is 2.01. The Morgan fingerprint density at radius 2 is 1.89 bits per heavy atom. The SMILES string of the molecule is CC(C)N(CCC#N)C(C)C(=O)N1CCCCC1. The highest BCUT2D eigenvalue weighted by Gasteiger charge is 2.27. The fraction of sp³-hybridized carbons (Fsp3) is 0.857. The molecule has 102 valence electrons. The topological polar surface area (TPSA) is 47.3 Å². The second kappa shape index (κ2) is 7.38. The molecule has 4 heteroatoms. The third-order valence-corrected chi connectivity index (χ3v) is 3.67. The molecule has 0 aliphatic carbocycles. The molecule has 1 unspecified atom stereocenters. The third kappa shape index (κ3) is 3.99. The standard InChI is InChI=1S/C14H25N3O/c1-12(2)17(11-7-8-15)13(3)14(18)16-9-5-4-6-10-16/h12-13H,4-7,9-11H2,1-3H3. The molecular weight excluding hydrogens is 226 g/mol. The van der Waals surface area contributed by atoms with Crippen LogP contribution in [0.5, 0.6) is 0 Å². The molecule has 1 heterocycles. The molecule has 0 bridgehead atoms. The first-order valence-electron chi connectivity index (χ1n) is 6.99. The molecule has 1 amide bonds. The van der Waals surface area contributed by atoms with Gasteiger partial charge in [-0.1, -0.05) is 0 Å². The molecule has 1 fully saturated rings. The van der Waals surface area contributed by atoms with Gasteiger partial charge in [0.2, 0.25) is 5.91 Å². The maximum atomic E-state index is 12.4. The first kappa shape index (κ1) is 15.0. The minimum atomic E-state index is -0.114. The monoisotopic (exact) mass is 251 g/mol. The second-order valence-corrected chi connectivity index (χ2v) is 5.30. The third-order valence-electron chi connectivity index (χ3n) is 3.67. The van der Waals surface area contributed by atoms with E-state index in [1.165, 1.54) is 6.42 Å². The van der Waals surface area contributed by atoms with Gasteiger partial charge in [-0.3, -0.25) is 9.69 Å². The average molecular weight is 251 g/mol. The van der Waals surface area contributed by atoms with Crippen LogP contribution in [0.2, 0.25) is 0 Å². The van der Waals surface area contributed by atoms with E-state index >= 15 is 0 Å². The minimum Gasteiger partial charge on any atom is -0.341 e. The van der Waals surface area contributed by atoms with Crippen molar-refractivity contribution >= 4 is 5.91 Å². The van der Waals surface area contributed by atoms with Gasteiger partial charge in [0.15, 0.2) is 0 Å². The van der Waals surface area contributed by atoms with Crippen LogP contribution in [0.1, 0.15) is 46.5 Å². The van der Waals surface area contributed by atoms with Gasteiger partial charge in [0.25, 0.3) is 0 Å². The molecule has 1 aliphatic rings. The Balaban J connectivity index is 2.60. The van der Waals surface area contributed by atoms with Gasteiger partial charge < -0.3 is 4.90 Å². The molecule has 0 saturated carbocycles. The maximum Gasteiger partial charge on any atom is 0.239 e. The number of likely N-dealkylation sites (tertiary alicyclic amines) is 1. The van der Waals surface area contributed by atoms with Gasteiger partial charge in [0.05, 0.1) is 12.1 Å². The van der Waals surface area contributed by atoms with Gasteiger partial charge in [0.1, 0.15) is 0 Å². The summed E-state index contributed by atoms with van der Waals surface area (Å²) in [6.07, 6.45) is 3.97. The number of hydrogen-bond donors (Lipinski definition) is 0. The molecule has 1 aliphatic heterocycles. The molecule has 1 atom stereocenters. The van der Waals surface area contributed by atoms with Crippen LogP contribution in [0.15, 0.2) is 0 Å². The number of hydrogen-bond acceptors (Lipinski definition) is 3. The van der Waals surface area contributed by atoms with Crippen LogP contribution in [-0.4, -0.2) is 47.4 Å². The van der Waals surface area contributed by atoms with E-state index in [1.54, 1.807) is 0 Å². The summed E-state index contributed by atoms with van der Waals surface area (Å²) in [6, 6.07) is 2.34. The summed E-state index contributed by atoms with van der Waals surface area (Å²) in [6.45, 7) is 8.60. The molecule has 0 spiro atoms. The summed E-state index contributed by atoms with van der Waals surface area (Å²) >= 11 is 0. The molecule has 0 aromatic heterocycles. The van der Waals surface area contributed by atoms with Crippen molar-refractivity contribution in [3.05, 3.63) is 0 Å². The predicted molar refractivity (Wildman–Crippen MR) is 72.0 cm³/mol. The van der Waals surface area contributed by atoms with Gasteiger partial charge in [-0.25, -0.2) is 0 Å². The summed E-state index contributed by atoms with van der Waals surface area (Å²) in [5.74, 6) is 0.223. The van der Waals surface area contributed by atoms with Gasteiger partial charge in [-0.05, 0) is 40.0 Å². The summed E-state index contributed by atoms with van der Waals surface area (Å²) in [4.78, 5) is 16.5. The number of carbonyl (C=O) groups excluding carboxylic acids is 1. The lowest BCUT2D eigenvalue weighted by atomic mass is 10.1. The molecule has 1 saturated heterocycles. The Kier molecular flexibility index (Phi) is 6.14. The lowest BCUT2D eigenvalue weighted by molar-refractivity contribution is -0.138. The van der Waals surface area contributed by atoms with Crippen molar-refractivity contribution in [2.45, 2.75) is 58.5 Å². The quantitative estimate of drug-likeness (QED) is 0.751. The largest absolute Gasteiger partial charge is 0.341 e. The number of nitriles is 1. The van der Waals surface area contributed by atoms with Crippen molar-refractivity contribution in [3.8, 4) is 6.07 Å². The van der Waals surface area contributed by atoms with E-state index in [9.17, 15) is 4.79 Å². The van der Waals surface area contributed by atoms with E-state index in [0.29, 0.717) is 19.0 Å². The van der Waals surface area contributed by atoms with Crippen LogP contribution in [0.4, 0.5) is 0 Å². The Bertz CT molecular complexity index is 303. The number of rotatable bonds is 5. The molecule has 4 nitrogen and oxygen atoms in total. The number of amides is 1. The van der Waals surface area contributed by atoms with E-state index < -0.39 is 0 Å². The molecule has 0 aromatic rings. The summed E-state index contributed by atoms with van der Waals surface area (Å²) in [7, 11) is 0. The highest BCUT2D eigenvalue weighted by Crippen LogP contribution is 2.14. The minimum absolute atomic E-state index is 0.114. The van der Waals surface area contributed by atoms with E-state index in [4.69, 9.17) is 5.26 Å². The smallest absolute Gasteiger partial charge is 0.239 e. The summed E-state index contributed by atoms with van der Waals surface area (Å²) in [5.41, 5.74) is 0. The lowest BCUT2D eigenvalue weighted by Gasteiger charge is -2.36. The summed E-state index contributed by atoms with van der Waals surface area (Å²) in [5, 5.41) is 8.69. The molecule has 1 rings (SSSR count). The van der Waals surface area contributed by atoms with Crippen LogP contribution >= 0.6 is 0 Å². The first-order chi connectivity index (χ1) is 8.57. The Hall–Kier alpha value is -1.08. The summed E-state index contributed by atoms with van der Waals surface area (Å²) < 4.78 is 0. The zero-order valence-corrected chi connectivity index (χ0v) is 11.9. The first-order valence-corrected chi connectivity index (χ1v) is 6.99. The highest BCUT2D eigenvalue weighted by atomic mass is 16.2. The van der Waals surface area contributed by atoms with E-state index in [2.05, 4.69) is 24.8 Å². The van der Waals surface area contributed by atoms with Gasteiger partial charge in [-0.2, -0.15) is 5.26 Å². The molecule has 0 N–H and O–H groups in total. The normalized spacial score (nSPS) is 17.9. The zero-order chi connectivity index (χ0) is 13.5. The zero-order valence-electron chi connectivity index (χ0n) is 11.9. The average Bonchev–Trinajstić information content (AvgIpc) is 2.38. The van der Waals surface area contributed by atoms with Crippen molar-refractivity contribution in [1.82, 2.24) is 9.80 Å².